The third-order valence-corrected chi connectivity index (χ3v) is 1.64. The maximum absolute atomic E-state index is 11.3. The molecule has 0 aliphatic heterocycles. The van der Waals surface area contributed by atoms with Crippen LogP contribution in [0.4, 0.5) is 52.7 Å². The second kappa shape index (κ2) is 11.2. The fourth-order valence-electron chi connectivity index (χ4n) is 0.565. The van der Waals surface area contributed by atoms with Gasteiger partial charge in [0.05, 0.1) is 0 Å². The van der Waals surface area contributed by atoms with Crippen molar-refractivity contribution < 1.29 is 95.0 Å². The van der Waals surface area contributed by atoms with E-state index in [0.717, 1.165) is 0 Å². The monoisotopic (exact) mass is 487 g/mol. The molecule has 0 unspecified atom stereocenters. The maximum atomic E-state index is 11.3. The van der Waals surface area contributed by atoms with Gasteiger partial charge in [0.15, 0.2) is 0 Å². The predicted molar refractivity (Wildman–Crippen MR) is 54.0 cm³/mol. The SMILES string of the molecule is O.O=C(/C=C(/[O-])C(F)(F)F)C(F)(F)F.O=C(/C=C(\[O-])C(F)(F)F)C(F)(F)F.[Mn+2]. The smallest absolute Gasteiger partial charge is 0.869 e. The van der Waals surface area contributed by atoms with Gasteiger partial charge >= 0.3 is 41.8 Å². The summed E-state index contributed by atoms with van der Waals surface area (Å²) in [7, 11) is 0. The van der Waals surface area contributed by atoms with Crippen molar-refractivity contribution in [3.63, 3.8) is 0 Å². The number of carbonyl (C=O) groups excluding carboxylic acids is 2. The van der Waals surface area contributed by atoms with Crippen LogP contribution in [0.1, 0.15) is 0 Å². The van der Waals surface area contributed by atoms with E-state index in [4.69, 9.17) is 0 Å². The van der Waals surface area contributed by atoms with E-state index in [-0.39, 0.29) is 22.5 Å². The Morgan fingerprint density at radius 2 is 0.714 bits per heavy atom. The van der Waals surface area contributed by atoms with E-state index in [9.17, 15) is 72.5 Å². The van der Waals surface area contributed by atoms with Gasteiger partial charge in [0.2, 0.25) is 0 Å². The number of allylic oxidation sites excluding steroid dienone is 4. The van der Waals surface area contributed by atoms with Crippen LogP contribution in [0.3, 0.4) is 0 Å². The second-order valence-corrected chi connectivity index (χ2v) is 3.74. The number of ketones is 2. The first-order valence-electron chi connectivity index (χ1n) is 5.24. The first kappa shape index (κ1) is 33.6. The predicted octanol–water partition coefficient (Wildman–Crippen LogP) is 1.02. The number of carbonyl (C=O) groups is 2. The number of hydrogen-bond acceptors (Lipinski definition) is 4. The van der Waals surface area contributed by atoms with Crippen LogP contribution in [-0.2, 0) is 26.7 Å². The zero-order valence-electron chi connectivity index (χ0n) is 12.2. The van der Waals surface area contributed by atoms with Gasteiger partial charge < -0.3 is 15.7 Å². The van der Waals surface area contributed by atoms with Gasteiger partial charge in [-0.15, -0.1) is 0 Å². The van der Waals surface area contributed by atoms with E-state index in [0.29, 0.717) is 0 Å². The average Bonchev–Trinajstić information content (AvgIpc) is 2.34. The molecular weight excluding hydrogens is 483 g/mol. The van der Waals surface area contributed by atoms with Gasteiger partial charge in [-0.05, 0) is 23.7 Å². The van der Waals surface area contributed by atoms with Crippen molar-refractivity contribution in [3.05, 3.63) is 23.7 Å². The zero-order valence-corrected chi connectivity index (χ0v) is 13.4. The fraction of sp³-hybridized carbons (Fsp3) is 0.400. The molecule has 5 nitrogen and oxygen atoms in total. The molecule has 0 rings (SSSR count). The van der Waals surface area contributed by atoms with E-state index in [2.05, 4.69) is 0 Å². The second-order valence-electron chi connectivity index (χ2n) is 3.74. The Morgan fingerprint density at radius 3 is 0.821 bits per heavy atom. The maximum Gasteiger partial charge on any atom is 2.00 e. The Kier molecular flexibility index (Phi) is 13.4. The summed E-state index contributed by atoms with van der Waals surface area (Å²) in [6.45, 7) is 0. The van der Waals surface area contributed by atoms with Crippen LogP contribution in [0.25, 0.3) is 0 Å². The molecular formula is C10H4F12MnO5. The zero-order chi connectivity index (χ0) is 21.7. The van der Waals surface area contributed by atoms with Crippen molar-refractivity contribution in [2.24, 2.45) is 0 Å². The number of halogens is 12. The Labute approximate surface area is 156 Å². The largest absolute Gasteiger partial charge is 2.00 e. The van der Waals surface area contributed by atoms with Crippen LogP contribution in [0.15, 0.2) is 23.7 Å². The van der Waals surface area contributed by atoms with Crippen LogP contribution in [0, 0.1) is 0 Å². The Bertz CT molecular complexity index is 530. The van der Waals surface area contributed by atoms with Gasteiger partial charge in [0, 0.05) is 0 Å². The molecule has 0 saturated heterocycles. The first-order valence-corrected chi connectivity index (χ1v) is 5.24. The summed E-state index contributed by atoms with van der Waals surface area (Å²) in [5.74, 6) is -11.3. The van der Waals surface area contributed by atoms with Crippen molar-refractivity contribution in [3.8, 4) is 0 Å². The fourth-order valence-corrected chi connectivity index (χ4v) is 0.565. The van der Waals surface area contributed by atoms with E-state index in [1.807, 2.05) is 0 Å². The molecule has 0 amide bonds. The standard InChI is InChI=1S/2C5H2F6O2.Mn.H2O/c2*6-4(7,8)2(12)1-3(13)5(9,10)11;;/h2*1,12H;;1H2/q;;+2;/p-2/b2-1+;2-1-;;. The van der Waals surface area contributed by atoms with Crippen molar-refractivity contribution in [1.29, 1.82) is 0 Å². The summed E-state index contributed by atoms with van der Waals surface area (Å²) in [5.41, 5.74) is 0. The van der Waals surface area contributed by atoms with Crippen LogP contribution in [-0.4, -0.2) is 41.7 Å². The van der Waals surface area contributed by atoms with E-state index < -0.39 is 59.9 Å². The summed E-state index contributed by atoms with van der Waals surface area (Å²) in [6, 6.07) is 0. The Balaban J connectivity index is -0.000000192. The summed E-state index contributed by atoms with van der Waals surface area (Å²) < 4.78 is 136. The molecule has 165 valence electrons. The van der Waals surface area contributed by atoms with Crippen LogP contribution >= 0.6 is 0 Å². The summed E-state index contributed by atoms with van der Waals surface area (Å²) in [6.07, 6.45) is -23.9. The van der Waals surface area contributed by atoms with Gasteiger partial charge in [-0.1, -0.05) is 0 Å². The summed E-state index contributed by atoms with van der Waals surface area (Å²) in [4.78, 5) is 19.6. The minimum absolute atomic E-state index is 0. The van der Waals surface area contributed by atoms with Crippen molar-refractivity contribution >= 4 is 11.6 Å². The molecule has 0 bridgehead atoms. The van der Waals surface area contributed by atoms with Gasteiger partial charge in [-0.25, -0.2) is 0 Å². The molecule has 0 aliphatic rings. The van der Waals surface area contributed by atoms with E-state index in [1.165, 1.54) is 0 Å². The third-order valence-electron chi connectivity index (χ3n) is 1.64. The average molecular weight is 487 g/mol. The van der Waals surface area contributed by atoms with Crippen molar-refractivity contribution in [2.45, 2.75) is 24.7 Å². The van der Waals surface area contributed by atoms with Gasteiger partial charge in [0.25, 0.3) is 11.6 Å². The van der Waals surface area contributed by atoms with Crippen molar-refractivity contribution in [1.82, 2.24) is 0 Å². The normalized spacial score (nSPS) is 13.4. The van der Waals surface area contributed by atoms with Crippen LogP contribution in [0.5, 0.6) is 0 Å². The molecule has 0 heterocycles. The minimum atomic E-state index is -5.46. The molecule has 18 heteroatoms. The number of hydrogen-bond donors (Lipinski definition) is 0. The summed E-state index contributed by atoms with van der Waals surface area (Å²) in [5, 5.41) is 19.6. The van der Waals surface area contributed by atoms with Gasteiger partial charge in [0.1, 0.15) is 0 Å². The van der Waals surface area contributed by atoms with E-state index in [1.54, 1.807) is 0 Å². The van der Waals surface area contributed by atoms with Crippen LogP contribution in [0.2, 0.25) is 0 Å². The van der Waals surface area contributed by atoms with Crippen molar-refractivity contribution in [2.75, 3.05) is 0 Å². The first-order chi connectivity index (χ1) is 11.1. The molecule has 0 aromatic heterocycles. The Morgan fingerprint density at radius 1 is 0.536 bits per heavy atom. The number of rotatable bonds is 2. The molecule has 0 aromatic carbocycles. The molecule has 0 aromatic rings. The Hall–Kier alpha value is -1.94. The van der Waals surface area contributed by atoms with Crippen LogP contribution < -0.4 is 10.2 Å². The quantitative estimate of drug-likeness (QED) is 0.251. The molecule has 0 spiro atoms. The summed E-state index contributed by atoms with van der Waals surface area (Å²) >= 11 is 0. The molecule has 1 radical (unpaired) electrons. The molecule has 0 atom stereocenters. The molecule has 2 N–H and O–H groups in total. The molecule has 0 aliphatic carbocycles. The molecule has 0 fully saturated rings. The topological polar surface area (TPSA) is 112 Å². The third kappa shape index (κ3) is 14.2. The van der Waals surface area contributed by atoms with Gasteiger partial charge in [-0.2, -0.15) is 52.7 Å². The minimum Gasteiger partial charge on any atom is -0.869 e. The number of alkyl halides is 12. The van der Waals surface area contributed by atoms with E-state index >= 15 is 0 Å². The van der Waals surface area contributed by atoms with Gasteiger partial charge in [-0.3, -0.25) is 9.59 Å². The molecule has 28 heavy (non-hydrogen) atoms. The molecule has 0 saturated carbocycles.